The lowest BCUT2D eigenvalue weighted by Gasteiger charge is -2.22. The number of ether oxygens (including phenoxy) is 1. The van der Waals surface area contributed by atoms with Gasteiger partial charge in [0.25, 0.3) is 0 Å². The number of allylic oxidation sites excluding steroid dienone is 6. The second-order valence-corrected chi connectivity index (χ2v) is 23.5. The first-order chi connectivity index (χ1) is 37.5. The minimum absolute atomic E-state index is 0.00151. The average molecular weight is 1070 g/mol. The largest absolute Gasteiger partial charge is 0.466 e. The monoisotopic (exact) mass is 1070 g/mol. The van der Waals surface area contributed by atoms with Crippen molar-refractivity contribution in [3.05, 3.63) is 36.5 Å². The molecular weight excluding hydrogens is 935 g/mol. The Balaban J connectivity index is 3.43. The van der Waals surface area contributed by atoms with Gasteiger partial charge in [-0.15, -0.1) is 0 Å². The van der Waals surface area contributed by atoms with Gasteiger partial charge in [0, 0.05) is 12.8 Å². The molecule has 0 spiro atoms. The summed E-state index contributed by atoms with van der Waals surface area (Å²) in [6.45, 7) is 4.97. The van der Waals surface area contributed by atoms with Crippen molar-refractivity contribution in [1.82, 2.24) is 5.32 Å². The number of unbranched alkanes of at least 4 members (excludes halogenated alkanes) is 47. The topological polar surface area (TPSA) is 95.9 Å². The lowest BCUT2D eigenvalue weighted by molar-refractivity contribution is -0.143. The van der Waals surface area contributed by atoms with E-state index in [4.69, 9.17) is 4.74 Å². The molecule has 0 aromatic carbocycles. The highest BCUT2D eigenvalue weighted by atomic mass is 16.5. The Hall–Kier alpha value is -1.92. The van der Waals surface area contributed by atoms with E-state index >= 15 is 0 Å². The van der Waals surface area contributed by atoms with Crippen molar-refractivity contribution < 1.29 is 24.5 Å². The molecular formula is C70H133NO5. The number of nitrogens with one attached hydrogen (secondary N) is 1. The van der Waals surface area contributed by atoms with E-state index in [9.17, 15) is 19.8 Å². The fourth-order valence-corrected chi connectivity index (χ4v) is 10.7. The Morgan fingerprint density at radius 2 is 0.658 bits per heavy atom. The highest BCUT2D eigenvalue weighted by molar-refractivity contribution is 5.76. The number of aliphatic hydroxyl groups excluding tert-OH is 2. The highest BCUT2D eigenvalue weighted by Crippen LogP contribution is 2.18. The molecule has 76 heavy (non-hydrogen) atoms. The van der Waals surface area contributed by atoms with Gasteiger partial charge in [0.2, 0.25) is 5.91 Å². The normalized spacial score (nSPS) is 12.7. The SMILES string of the molecule is CCCCCCCC/C=C\CCCCCCCC(=O)OCCCCCCCCCCC/C=C\C/C=C\CCCCCCCCCCCC(=O)NC(CO)C(O)CCCCCCCCCCCCCCCCCCCCC. The van der Waals surface area contributed by atoms with Crippen molar-refractivity contribution in [1.29, 1.82) is 0 Å². The number of amides is 1. The van der Waals surface area contributed by atoms with E-state index in [0.717, 1.165) is 51.4 Å². The van der Waals surface area contributed by atoms with Crippen LogP contribution in [0.4, 0.5) is 0 Å². The fourth-order valence-electron chi connectivity index (χ4n) is 10.7. The summed E-state index contributed by atoms with van der Waals surface area (Å²) in [5.41, 5.74) is 0. The molecule has 0 radical (unpaired) electrons. The second-order valence-electron chi connectivity index (χ2n) is 23.5. The van der Waals surface area contributed by atoms with Crippen molar-refractivity contribution in [2.24, 2.45) is 0 Å². The summed E-state index contributed by atoms with van der Waals surface area (Å²) in [6.07, 6.45) is 83.2. The highest BCUT2D eigenvalue weighted by Gasteiger charge is 2.20. The van der Waals surface area contributed by atoms with E-state index in [0.29, 0.717) is 25.9 Å². The van der Waals surface area contributed by atoms with Crippen LogP contribution in [0.15, 0.2) is 36.5 Å². The van der Waals surface area contributed by atoms with Crippen molar-refractivity contribution in [2.75, 3.05) is 13.2 Å². The quantitative estimate of drug-likeness (QED) is 0.0320. The van der Waals surface area contributed by atoms with Gasteiger partial charge in [-0.2, -0.15) is 0 Å². The first kappa shape index (κ1) is 74.1. The van der Waals surface area contributed by atoms with E-state index in [2.05, 4.69) is 55.6 Å². The third-order valence-corrected chi connectivity index (χ3v) is 15.9. The van der Waals surface area contributed by atoms with Crippen molar-refractivity contribution in [3.8, 4) is 0 Å². The maximum Gasteiger partial charge on any atom is 0.305 e. The van der Waals surface area contributed by atoms with Gasteiger partial charge < -0.3 is 20.3 Å². The number of carbonyl (C=O) groups is 2. The molecule has 1 amide bonds. The summed E-state index contributed by atoms with van der Waals surface area (Å²) in [4.78, 5) is 24.6. The molecule has 0 fully saturated rings. The van der Waals surface area contributed by atoms with Crippen LogP contribution in [-0.4, -0.2) is 47.4 Å². The predicted molar refractivity (Wildman–Crippen MR) is 333 cm³/mol. The number of rotatable bonds is 64. The van der Waals surface area contributed by atoms with Gasteiger partial charge in [0.1, 0.15) is 0 Å². The number of hydrogen-bond acceptors (Lipinski definition) is 5. The molecule has 0 aromatic heterocycles. The molecule has 2 atom stereocenters. The van der Waals surface area contributed by atoms with Crippen molar-refractivity contribution >= 4 is 11.9 Å². The zero-order valence-electron chi connectivity index (χ0n) is 51.3. The van der Waals surface area contributed by atoms with Crippen molar-refractivity contribution in [2.45, 2.75) is 386 Å². The molecule has 6 nitrogen and oxygen atoms in total. The lowest BCUT2D eigenvalue weighted by atomic mass is 10.0. The Kier molecular flexibility index (Phi) is 63.9. The summed E-state index contributed by atoms with van der Waals surface area (Å²) >= 11 is 0. The van der Waals surface area contributed by atoms with Crippen LogP contribution in [0, 0.1) is 0 Å². The summed E-state index contributed by atoms with van der Waals surface area (Å²) in [7, 11) is 0. The molecule has 0 aromatic rings. The minimum atomic E-state index is -0.669. The van der Waals surface area contributed by atoms with Gasteiger partial charge in [0.15, 0.2) is 0 Å². The summed E-state index contributed by atoms with van der Waals surface area (Å²) in [5.74, 6) is -0.0365. The van der Waals surface area contributed by atoms with Gasteiger partial charge in [-0.05, 0) is 83.5 Å². The third-order valence-electron chi connectivity index (χ3n) is 15.9. The standard InChI is InChI=1S/C70H133NO5/c1-3-5-7-9-11-13-15-17-19-20-28-31-35-38-42-46-50-54-58-62-68(73)67(66-72)71-69(74)63-59-55-51-47-43-39-36-32-29-26-24-22-21-23-25-27-30-33-37-41-45-49-53-57-61-65-76-70(75)64-60-56-52-48-44-40-34-18-16-14-12-10-8-6-4-2/h18,22-25,34,67-68,72-73H,3-17,19-21,26-33,35-66H2,1-2H3,(H,71,74)/b24-22-,25-23-,34-18-. The van der Waals surface area contributed by atoms with Crippen LogP contribution < -0.4 is 5.32 Å². The molecule has 0 saturated carbocycles. The van der Waals surface area contributed by atoms with E-state index in [1.807, 2.05) is 0 Å². The summed E-state index contributed by atoms with van der Waals surface area (Å²) in [6, 6.07) is -0.547. The Morgan fingerprint density at radius 1 is 0.368 bits per heavy atom. The minimum Gasteiger partial charge on any atom is -0.466 e. The molecule has 6 heteroatoms. The molecule has 2 unspecified atom stereocenters. The molecule has 3 N–H and O–H groups in total. The molecule has 0 aliphatic carbocycles. The molecule has 0 rings (SSSR count). The number of hydrogen-bond donors (Lipinski definition) is 3. The Bertz CT molecular complexity index is 1230. The van der Waals surface area contributed by atoms with Gasteiger partial charge in [0.05, 0.1) is 25.4 Å². The van der Waals surface area contributed by atoms with Crippen LogP contribution in [0.5, 0.6) is 0 Å². The maximum absolute atomic E-state index is 12.5. The zero-order valence-corrected chi connectivity index (χ0v) is 51.3. The van der Waals surface area contributed by atoms with Crippen LogP contribution in [0.2, 0.25) is 0 Å². The van der Waals surface area contributed by atoms with Gasteiger partial charge >= 0.3 is 5.97 Å². The molecule has 0 aliphatic heterocycles. The van der Waals surface area contributed by atoms with E-state index in [-0.39, 0.29) is 18.5 Å². The maximum atomic E-state index is 12.5. The molecule has 0 aliphatic rings. The van der Waals surface area contributed by atoms with Crippen LogP contribution in [0.3, 0.4) is 0 Å². The lowest BCUT2D eigenvalue weighted by Crippen LogP contribution is -2.45. The van der Waals surface area contributed by atoms with Crippen LogP contribution >= 0.6 is 0 Å². The predicted octanol–water partition coefficient (Wildman–Crippen LogP) is 21.9. The average Bonchev–Trinajstić information content (AvgIpc) is 3.42. The molecule has 0 heterocycles. The van der Waals surface area contributed by atoms with Crippen LogP contribution in [0.1, 0.15) is 373 Å². The first-order valence-corrected chi connectivity index (χ1v) is 34.2. The van der Waals surface area contributed by atoms with Crippen LogP contribution in [-0.2, 0) is 14.3 Å². The fraction of sp³-hybridized carbons (Fsp3) is 0.886. The summed E-state index contributed by atoms with van der Waals surface area (Å²) < 4.78 is 5.48. The summed E-state index contributed by atoms with van der Waals surface area (Å²) in [5, 5.41) is 23.4. The van der Waals surface area contributed by atoms with Gasteiger partial charge in [-0.1, -0.05) is 314 Å². The van der Waals surface area contributed by atoms with Crippen LogP contribution in [0.25, 0.3) is 0 Å². The molecule has 0 saturated heterocycles. The molecule has 0 bridgehead atoms. The van der Waals surface area contributed by atoms with E-state index < -0.39 is 12.1 Å². The number of esters is 1. The van der Waals surface area contributed by atoms with Gasteiger partial charge in [-0.25, -0.2) is 0 Å². The zero-order chi connectivity index (χ0) is 55.0. The first-order valence-electron chi connectivity index (χ1n) is 34.2. The Morgan fingerprint density at radius 3 is 1.01 bits per heavy atom. The Labute approximate surface area is 474 Å². The third kappa shape index (κ3) is 61.3. The van der Waals surface area contributed by atoms with Gasteiger partial charge in [-0.3, -0.25) is 9.59 Å². The molecule has 448 valence electrons. The number of aliphatic hydroxyl groups is 2. The smallest absolute Gasteiger partial charge is 0.305 e. The number of carbonyl (C=O) groups excluding carboxylic acids is 2. The van der Waals surface area contributed by atoms with Crippen molar-refractivity contribution in [3.63, 3.8) is 0 Å². The van der Waals surface area contributed by atoms with E-state index in [1.54, 1.807) is 0 Å². The van der Waals surface area contributed by atoms with E-state index in [1.165, 1.54) is 289 Å². The second kappa shape index (κ2) is 65.6.